The van der Waals surface area contributed by atoms with Gasteiger partial charge >= 0.3 is 0 Å². The van der Waals surface area contributed by atoms with Gasteiger partial charge in [0.15, 0.2) is 0 Å². The summed E-state index contributed by atoms with van der Waals surface area (Å²) in [6.07, 6.45) is 6.18. The average molecular weight is 337 g/mol. The van der Waals surface area contributed by atoms with Crippen molar-refractivity contribution in [1.29, 1.82) is 0 Å². The van der Waals surface area contributed by atoms with Crippen molar-refractivity contribution in [2.45, 2.75) is 52.5 Å². The Kier molecular flexibility index (Phi) is 5.37. The molecule has 0 spiro atoms. The van der Waals surface area contributed by atoms with Crippen molar-refractivity contribution in [2.75, 3.05) is 11.9 Å². The lowest BCUT2D eigenvalue weighted by Gasteiger charge is -2.35. The van der Waals surface area contributed by atoms with E-state index in [0.29, 0.717) is 11.7 Å². The molecule has 1 fully saturated rings. The van der Waals surface area contributed by atoms with Crippen LogP contribution in [0.4, 0.5) is 11.4 Å². The van der Waals surface area contributed by atoms with E-state index >= 15 is 0 Å². The molecule has 3 rings (SSSR count). The minimum Gasteiger partial charge on any atom is -0.354 e. The molecule has 4 nitrogen and oxygen atoms in total. The second-order valence-electron chi connectivity index (χ2n) is 6.88. The lowest BCUT2D eigenvalue weighted by Crippen LogP contribution is -2.43. The van der Waals surface area contributed by atoms with Crippen LogP contribution in [0.5, 0.6) is 0 Å². The first-order valence-corrected chi connectivity index (χ1v) is 9.20. The van der Waals surface area contributed by atoms with Gasteiger partial charge in [-0.2, -0.15) is 0 Å². The largest absolute Gasteiger partial charge is 0.354 e. The highest BCUT2D eigenvalue weighted by molar-refractivity contribution is 5.92. The van der Waals surface area contributed by atoms with Crippen molar-refractivity contribution >= 4 is 17.3 Å². The molecule has 0 saturated carbocycles. The number of amides is 1. The van der Waals surface area contributed by atoms with Crippen molar-refractivity contribution in [1.82, 2.24) is 9.88 Å². The molecular formula is C21H27N3O. The van der Waals surface area contributed by atoms with E-state index in [0.717, 1.165) is 37.2 Å². The van der Waals surface area contributed by atoms with Gasteiger partial charge in [-0.25, -0.2) is 4.98 Å². The zero-order chi connectivity index (χ0) is 17.8. The number of para-hydroxylation sites is 1. The third kappa shape index (κ3) is 3.84. The molecule has 1 aromatic carbocycles. The number of nitrogens with zero attached hydrogens (tertiary/aromatic N) is 2. The van der Waals surface area contributed by atoms with E-state index in [4.69, 9.17) is 0 Å². The van der Waals surface area contributed by atoms with Crippen LogP contribution in [0.1, 0.15) is 54.2 Å². The molecule has 1 aliphatic heterocycles. The quantitative estimate of drug-likeness (QED) is 0.867. The van der Waals surface area contributed by atoms with Gasteiger partial charge in [0.1, 0.15) is 5.69 Å². The summed E-state index contributed by atoms with van der Waals surface area (Å²) in [6.45, 7) is 7.17. The zero-order valence-electron chi connectivity index (χ0n) is 15.4. The summed E-state index contributed by atoms with van der Waals surface area (Å²) < 4.78 is 0. The van der Waals surface area contributed by atoms with Gasteiger partial charge in [-0.05, 0) is 62.8 Å². The van der Waals surface area contributed by atoms with Gasteiger partial charge in [0.2, 0.25) is 0 Å². The van der Waals surface area contributed by atoms with E-state index < -0.39 is 0 Å². The summed E-state index contributed by atoms with van der Waals surface area (Å²) in [7, 11) is 0. The molecule has 25 heavy (non-hydrogen) atoms. The first kappa shape index (κ1) is 17.5. The number of nitrogens with one attached hydrogen (secondary N) is 1. The fourth-order valence-corrected chi connectivity index (χ4v) is 3.59. The molecule has 1 aliphatic rings. The van der Waals surface area contributed by atoms with E-state index in [1.165, 1.54) is 17.5 Å². The maximum Gasteiger partial charge on any atom is 0.272 e. The van der Waals surface area contributed by atoms with Gasteiger partial charge in [-0.1, -0.05) is 25.1 Å². The number of benzene rings is 1. The highest BCUT2D eigenvalue weighted by Gasteiger charge is 2.26. The first-order valence-electron chi connectivity index (χ1n) is 9.20. The Hall–Kier alpha value is -2.36. The molecule has 1 atom stereocenters. The van der Waals surface area contributed by atoms with Crippen LogP contribution >= 0.6 is 0 Å². The fourth-order valence-electron chi connectivity index (χ4n) is 3.59. The summed E-state index contributed by atoms with van der Waals surface area (Å²) in [5.74, 6) is 0.0603. The maximum atomic E-state index is 12.8. The lowest BCUT2D eigenvalue weighted by atomic mass is 9.99. The maximum absolute atomic E-state index is 12.8. The molecule has 1 saturated heterocycles. The molecule has 0 aliphatic carbocycles. The number of aromatic nitrogens is 1. The van der Waals surface area contributed by atoms with Crippen LogP contribution in [-0.2, 0) is 0 Å². The molecule has 4 heteroatoms. The zero-order valence-corrected chi connectivity index (χ0v) is 15.4. The summed E-state index contributed by atoms with van der Waals surface area (Å²) in [6, 6.07) is 10.4. The molecule has 1 amide bonds. The van der Waals surface area contributed by atoms with Gasteiger partial charge in [0, 0.05) is 18.3 Å². The number of hydrogen-bond donors (Lipinski definition) is 1. The third-order valence-electron chi connectivity index (χ3n) is 5.09. The predicted octanol–water partition coefficient (Wildman–Crippen LogP) is 4.85. The molecule has 1 unspecified atom stereocenters. The average Bonchev–Trinajstić information content (AvgIpc) is 2.65. The number of carbonyl (C=O) groups is 1. The Bertz CT molecular complexity index is 719. The van der Waals surface area contributed by atoms with Gasteiger partial charge in [-0.3, -0.25) is 4.79 Å². The number of anilines is 2. The van der Waals surface area contributed by atoms with Crippen LogP contribution in [0.3, 0.4) is 0 Å². The Morgan fingerprint density at radius 1 is 1.20 bits per heavy atom. The third-order valence-corrected chi connectivity index (χ3v) is 5.09. The van der Waals surface area contributed by atoms with Crippen molar-refractivity contribution < 1.29 is 4.79 Å². The minimum absolute atomic E-state index is 0.0603. The van der Waals surface area contributed by atoms with Crippen molar-refractivity contribution in [2.24, 2.45) is 0 Å². The van der Waals surface area contributed by atoms with E-state index in [9.17, 15) is 4.79 Å². The number of aryl methyl sites for hydroxylation is 2. The number of pyridine rings is 1. The molecule has 0 radical (unpaired) electrons. The van der Waals surface area contributed by atoms with Crippen LogP contribution in [0.25, 0.3) is 0 Å². The summed E-state index contributed by atoms with van der Waals surface area (Å²) in [5, 5.41) is 3.42. The van der Waals surface area contributed by atoms with E-state index in [1.54, 1.807) is 6.20 Å². The Morgan fingerprint density at radius 2 is 1.96 bits per heavy atom. The molecule has 1 N–H and O–H groups in total. The second-order valence-corrected chi connectivity index (χ2v) is 6.88. The van der Waals surface area contributed by atoms with Crippen LogP contribution in [0.2, 0.25) is 0 Å². The smallest absolute Gasteiger partial charge is 0.272 e. The molecule has 2 aromatic rings. The van der Waals surface area contributed by atoms with Gasteiger partial charge in [-0.15, -0.1) is 0 Å². The second kappa shape index (κ2) is 7.68. The number of carbonyl (C=O) groups excluding carboxylic acids is 1. The predicted molar refractivity (Wildman–Crippen MR) is 102 cm³/mol. The lowest BCUT2D eigenvalue weighted by molar-refractivity contribution is 0.0602. The SMILES string of the molecule is CCC1CCCCN1C(=O)c1ccc(Nc2c(C)cccc2C)cn1. The van der Waals surface area contributed by atoms with Crippen molar-refractivity contribution in [3.8, 4) is 0 Å². The molecular weight excluding hydrogens is 310 g/mol. The Labute approximate surface area is 150 Å². The topological polar surface area (TPSA) is 45.2 Å². The molecule has 0 bridgehead atoms. The number of likely N-dealkylation sites (tertiary alicyclic amines) is 1. The number of hydrogen-bond acceptors (Lipinski definition) is 3. The standard InChI is InChI=1S/C21H27N3O/c1-4-18-10-5-6-13-24(18)21(25)19-12-11-17(14-22-19)23-20-15(2)8-7-9-16(20)3/h7-9,11-12,14,18,23H,4-6,10,13H2,1-3H3. The van der Waals surface area contributed by atoms with Gasteiger partial charge in [0.25, 0.3) is 5.91 Å². The number of rotatable bonds is 4. The highest BCUT2D eigenvalue weighted by atomic mass is 16.2. The van der Waals surface area contributed by atoms with Crippen molar-refractivity contribution in [3.05, 3.63) is 53.3 Å². The monoisotopic (exact) mass is 337 g/mol. The van der Waals surface area contributed by atoms with Crippen LogP contribution < -0.4 is 5.32 Å². The van der Waals surface area contributed by atoms with Crippen LogP contribution in [-0.4, -0.2) is 28.4 Å². The van der Waals surface area contributed by atoms with Crippen LogP contribution in [0, 0.1) is 13.8 Å². The van der Waals surface area contributed by atoms with E-state index in [2.05, 4.69) is 49.3 Å². The molecule has 2 heterocycles. The van der Waals surface area contributed by atoms with E-state index in [-0.39, 0.29) is 5.91 Å². The Balaban J connectivity index is 1.74. The minimum atomic E-state index is 0.0603. The van der Waals surface area contributed by atoms with Gasteiger partial charge < -0.3 is 10.2 Å². The highest BCUT2D eigenvalue weighted by Crippen LogP contribution is 2.25. The van der Waals surface area contributed by atoms with Crippen LogP contribution in [0.15, 0.2) is 36.5 Å². The molecule has 1 aromatic heterocycles. The summed E-state index contributed by atoms with van der Waals surface area (Å²) in [5.41, 5.74) is 4.93. The van der Waals surface area contributed by atoms with E-state index in [1.807, 2.05) is 17.0 Å². The van der Waals surface area contributed by atoms with Crippen molar-refractivity contribution in [3.63, 3.8) is 0 Å². The van der Waals surface area contributed by atoms with Gasteiger partial charge in [0.05, 0.1) is 11.9 Å². The summed E-state index contributed by atoms with van der Waals surface area (Å²) in [4.78, 5) is 19.2. The summed E-state index contributed by atoms with van der Waals surface area (Å²) >= 11 is 0. The normalized spacial score (nSPS) is 17.4. The number of piperidine rings is 1. The fraction of sp³-hybridized carbons (Fsp3) is 0.429. The molecule has 132 valence electrons. The Morgan fingerprint density at radius 3 is 2.60 bits per heavy atom. The first-order chi connectivity index (χ1) is 12.1.